The topological polar surface area (TPSA) is 26.4 Å². The fourth-order valence-electron chi connectivity index (χ4n) is 1.95. The normalized spacial score (nSPS) is 30.5. The summed E-state index contributed by atoms with van der Waals surface area (Å²) in [5.41, 5.74) is -0.0208. The maximum Gasteiger partial charge on any atom is 0.0451 e. The van der Waals surface area contributed by atoms with Crippen LogP contribution in [-0.2, 0) is 5.21 Å². The maximum atomic E-state index is 11.3. The molecule has 1 aliphatic heterocycles. The van der Waals surface area contributed by atoms with Crippen LogP contribution in [-0.4, -0.2) is 41.2 Å². The Bertz CT molecular complexity index is 159. The molecule has 1 heterocycles. The second kappa shape index (κ2) is 2.69. The summed E-state index contributed by atoms with van der Waals surface area (Å²) in [4.78, 5) is 2.29. The average Bonchev–Trinajstić information content (AvgIpc) is 1.80. The zero-order chi connectivity index (χ0) is 9.57. The fourth-order valence-corrected chi connectivity index (χ4v) is 1.95. The Balaban J connectivity index is 2.84. The highest BCUT2D eigenvalue weighted by Gasteiger charge is 2.42. The molecule has 0 aromatic carbocycles. The van der Waals surface area contributed by atoms with Gasteiger partial charge in [0.2, 0.25) is 0 Å². The van der Waals surface area contributed by atoms with Crippen molar-refractivity contribution in [2.24, 2.45) is 0 Å². The summed E-state index contributed by atoms with van der Waals surface area (Å²) in [5.74, 6) is 0. The molecule has 1 fully saturated rings. The van der Waals surface area contributed by atoms with Crippen molar-refractivity contribution < 1.29 is 5.21 Å². The number of rotatable bonds is 0. The first-order chi connectivity index (χ1) is 5.26. The quantitative estimate of drug-likeness (QED) is 0.546. The van der Waals surface area contributed by atoms with Gasteiger partial charge in [0.1, 0.15) is 0 Å². The van der Waals surface area contributed by atoms with E-state index in [1.807, 2.05) is 0 Å². The first kappa shape index (κ1) is 9.96. The fraction of sp³-hybridized carbons (Fsp3) is 1.00. The van der Waals surface area contributed by atoms with Crippen molar-refractivity contribution in [3.05, 3.63) is 0 Å². The van der Waals surface area contributed by atoms with Crippen LogP contribution >= 0.6 is 0 Å². The Labute approximate surface area is 74.9 Å². The zero-order valence-electron chi connectivity index (χ0n) is 8.72. The lowest BCUT2D eigenvalue weighted by molar-refractivity contribution is -0.228. The molecule has 3 nitrogen and oxygen atoms in total. The van der Waals surface area contributed by atoms with Gasteiger partial charge in [-0.05, 0) is 34.7 Å². The second-order valence-corrected chi connectivity index (χ2v) is 4.98. The van der Waals surface area contributed by atoms with E-state index in [-0.39, 0.29) is 11.1 Å². The molecule has 0 amide bonds. The molecule has 0 spiro atoms. The van der Waals surface area contributed by atoms with Crippen LogP contribution in [0.15, 0.2) is 0 Å². The van der Waals surface area contributed by atoms with Crippen LogP contribution in [0.2, 0.25) is 0 Å². The molecule has 0 atom stereocenters. The lowest BCUT2D eigenvalue weighted by Gasteiger charge is -2.52. The highest BCUT2D eigenvalue weighted by atomic mass is 16.5. The van der Waals surface area contributed by atoms with Gasteiger partial charge in [-0.15, -0.1) is 5.21 Å². The summed E-state index contributed by atoms with van der Waals surface area (Å²) >= 11 is 0. The third kappa shape index (κ3) is 1.63. The van der Waals surface area contributed by atoms with Crippen LogP contribution in [0.1, 0.15) is 27.7 Å². The largest absolute Gasteiger partial charge is 0.293 e. The zero-order valence-corrected chi connectivity index (χ0v) is 8.72. The van der Waals surface area contributed by atoms with E-state index in [0.29, 0.717) is 13.1 Å². The minimum atomic E-state index is -0.0104. The number of hydroxylamine groups is 2. The molecule has 12 heavy (non-hydrogen) atoms. The molecule has 1 rings (SSSR count). The summed E-state index contributed by atoms with van der Waals surface area (Å²) in [7, 11) is 2.09. The highest BCUT2D eigenvalue weighted by Crippen LogP contribution is 2.29. The van der Waals surface area contributed by atoms with E-state index in [2.05, 4.69) is 39.6 Å². The molecule has 0 saturated carbocycles. The van der Waals surface area contributed by atoms with Crippen molar-refractivity contribution in [2.75, 3.05) is 20.1 Å². The molecular formula is C9H19N2O. The van der Waals surface area contributed by atoms with Gasteiger partial charge in [0, 0.05) is 24.2 Å². The summed E-state index contributed by atoms with van der Waals surface area (Å²) in [6.45, 7) is 9.65. The Morgan fingerprint density at radius 1 is 1.00 bits per heavy atom. The Morgan fingerprint density at radius 2 is 1.33 bits per heavy atom. The van der Waals surface area contributed by atoms with Gasteiger partial charge in [-0.25, -0.2) is 0 Å². The van der Waals surface area contributed by atoms with Crippen molar-refractivity contribution >= 4 is 0 Å². The second-order valence-electron chi connectivity index (χ2n) is 4.98. The maximum absolute atomic E-state index is 11.3. The number of hydrogen-bond acceptors (Lipinski definition) is 2. The molecule has 0 aromatic heterocycles. The predicted octanol–water partition coefficient (Wildman–Crippen LogP) is 1.14. The smallest absolute Gasteiger partial charge is 0.0451 e. The van der Waals surface area contributed by atoms with Crippen LogP contribution < -0.4 is 0 Å². The first-order valence-electron chi connectivity index (χ1n) is 4.42. The minimum absolute atomic E-state index is 0.0104. The van der Waals surface area contributed by atoms with Gasteiger partial charge in [0.25, 0.3) is 0 Å². The molecule has 0 bridgehead atoms. The Kier molecular flexibility index (Phi) is 2.23. The van der Waals surface area contributed by atoms with Crippen molar-refractivity contribution in [3.8, 4) is 0 Å². The van der Waals surface area contributed by atoms with Gasteiger partial charge < -0.3 is 0 Å². The molecule has 1 aliphatic rings. The predicted molar refractivity (Wildman–Crippen MR) is 48.2 cm³/mol. The summed E-state index contributed by atoms with van der Waals surface area (Å²) in [6, 6.07) is 0. The molecule has 0 N–H and O–H groups in total. The first-order valence-corrected chi connectivity index (χ1v) is 4.42. The lowest BCUT2D eigenvalue weighted by atomic mass is 9.90. The number of hydrogen-bond donors (Lipinski definition) is 0. The average molecular weight is 171 g/mol. The van der Waals surface area contributed by atoms with Crippen LogP contribution in [0.3, 0.4) is 0 Å². The van der Waals surface area contributed by atoms with E-state index in [9.17, 15) is 5.21 Å². The van der Waals surface area contributed by atoms with E-state index in [0.717, 1.165) is 0 Å². The molecule has 1 saturated heterocycles. The van der Waals surface area contributed by atoms with E-state index in [1.165, 1.54) is 5.06 Å². The molecule has 3 heteroatoms. The summed E-state index contributed by atoms with van der Waals surface area (Å²) in [5, 5.41) is 12.5. The SMILES string of the molecule is CN1C(C)(C)CN([O])CC1(C)C. The van der Waals surface area contributed by atoms with E-state index in [1.54, 1.807) is 0 Å². The number of piperazine rings is 1. The lowest BCUT2D eigenvalue weighted by Crippen LogP contribution is -2.66. The molecule has 0 unspecified atom stereocenters. The molecule has 1 radical (unpaired) electrons. The van der Waals surface area contributed by atoms with Gasteiger partial charge in [-0.3, -0.25) is 4.90 Å². The third-order valence-electron chi connectivity index (χ3n) is 2.94. The van der Waals surface area contributed by atoms with Crippen LogP contribution in [0.25, 0.3) is 0 Å². The van der Waals surface area contributed by atoms with Crippen molar-refractivity contribution in [1.82, 2.24) is 9.96 Å². The van der Waals surface area contributed by atoms with Gasteiger partial charge in [0.05, 0.1) is 0 Å². The Morgan fingerprint density at radius 3 is 1.67 bits per heavy atom. The van der Waals surface area contributed by atoms with Gasteiger partial charge in [-0.1, -0.05) is 0 Å². The highest BCUT2D eigenvalue weighted by molar-refractivity contribution is 4.96. The van der Waals surface area contributed by atoms with Gasteiger partial charge >= 0.3 is 0 Å². The standard InChI is InChI=1S/C9H19N2O/c1-8(2)6-11(12)7-9(3,4)10(8)5/h6-7H2,1-5H3. The monoisotopic (exact) mass is 171 g/mol. The van der Waals surface area contributed by atoms with Crippen LogP contribution in [0.5, 0.6) is 0 Å². The summed E-state index contributed by atoms with van der Waals surface area (Å²) in [6.07, 6.45) is 0. The number of likely N-dealkylation sites (N-methyl/N-ethyl adjacent to an activating group) is 1. The molecular weight excluding hydrogens is 152 g/mol. The van der Waals surface area contributed by atoms with E-state index in [4.69, 9.17) is 0 Å². The van der Waals surface area contributed by atoms with E-state index >= 15 is 0 Å². The van der Waals surface area contributed by atoms with Gasteiger partial charge in [0.15, 0.2) is 0 Å². The van der Waals surface area contributed by atoms with Gasteiger partial charge in [-0.2, -0.15) is 5.06 Å². The molecule has 0 aromatic rings. The molecule has 0 aliphatic carbocycles. The van der Waals surface area contributed by atoms with E-state index < -0.39 is 0 Å². The molecule has 71 valence electrons. The van der Waals surface area contributed by atoms with Crippen molar-refractivity contribution in [1.29, 1.82) is 0 Å². The Hall–Kier alpha value is -0.120. The van der Waals surface area contributed by atoms with Crippen LogP contribution in [0, 0.1) is 0 Å². The van der Waals surface area contributed by atoms with Crippen molar-refractivity contribution in [3.63, 3.8) is 0 Å². The summed E-state index contributed by atoms with van der Waals surface area (Å²) < 4.78 is 0. The number of nitrogens with zero attached hydrogens (tertiary/aromatic N) is 2. The van der Waals surface area contributed by atoms with Crippen LogP contribution in [0.4, 0.5) is 0 Å². The third-order valence-corrected chi connectivity index (χ3v) is 2.94. The minimum Gasteiger partial charge on any atom is -0.293 e. The van der Waals surface area contributed by atoms with Crippen molar-refractivity contribution in [2.45, 2.75) is 38.8 Å².